The standard InChI is InChI=1S/C18H21N9O/c1-11-9-15(23-22-11)27-18-16(17(19)24-27)12(13-3-4-20-25(13)2)10-14(21-18)26-5-7-28-8-6-26/h3-4,9-10H,5-8H2,1-2H3,(H2,19,24)(H,22,23). The molecule has 0 unspecified atom stereocenters. The van der Waals surface area contributed by atoms with E-state index in [1.165, 1.54) is 0 Å². The lowest BCUT2D eigenvalue weighted by molar-refractivity contribution is 0.122. The van der Waals surface area contributed by atoms with Crippen molar-refractivity contribution in [2.45, 2.75) is 6.92 Å². The number of nitrogens with zero attached hydrogens (tertiary/aromatic N) is 7. The molecule has 4 aromatic heterocycles. The number of pyridine rings is 1. The Bertz CT molecular complexity index is 1150. The second-order valence-corrected chi connectivity index (χ2v) is 6.87. The topological polar surface area (TPSA) is 116 Å². The monoisotopic (exact) mass is 379 g/mol. The van der Waals surface area contributed by atoms with Crippen molar-refractivity contribution < 1.29 is 4.74 Å². The number of fused-ring (bicyclic) bond motifs is 1. The molecule has 0 amide bonds. The Hall–Kier alpha value is -3.40. The lowest BCUT2D eigenvalue weighted by Gasteiger charge is -2.28. The van der Waals surface area contributed by atoms with Crippen LogP contribution in [0.25, 0.3) is 28.1 Å². The summed E-state index contributed by atoms with van der Waals surface area (Å²) in [5.74, 6) is 1.93. The van der Waals surface area contributed by atoms with Crippen LogP contribution in [0.5, 0.6) is 0 Å². The lowest BCUT2D eigenvalue weighted by Crippen LogP contribution is -2.36. The molecule has 28 heavy (non-hydrogen) atoms. The minimum atomic E-state index is 0.410. The molecule has 1 aliphatic heterocycles. The van der Waals surface area contributed by atoms with Gasteiger partial charge in [0.05, 0.1) is 24.3 Å². The molecule has 10 heteroatoms. The minimum absolute atomic E-state index is 0.410. The fourth-order valence-electron chi connectivity index (χ4n) is 3.60. The molecule has 1 fully saturated rings. The molecule has 0 saturated carbocycles. The maximum atomic E-state index is 6.33. The third-order valence-electron chi connectivity index (χ3n) is 4.99. The van der Waals surface area contributed by atoms with Gasteiger partial charge >= 0.3 is 0 Å². The molecule has 5 heterocycles. The van der Waals surface area contributed by atoms with Gasteiger partial charge in [0.2, 0.25) is 0 Å². The molecule has 0 aromatic carbocycles. The van der Waals surface area contributed by atoms with Gasteiger partial charge in [0.25, 0.3) is 0 Å². The van der Waals surface area contributed by atoms with Gasteiger partial charge in [-0.05, 0) is 19.1 Å². The number of aryl methyl sites for hydroxylation is 2. The Balaban J connectivity index is 1.79. The number of nitrogens with one attached hydrogen (secondary N) is 1. The summed E-state index contributed by atoms with van der Waals surface area (Å²) < 4.78 is 9.01. The van der Waals surface area contributed by atoms with E-state index < -0.39 is 0 Å². The number of aromatic nitrogens is 7. The van der Waals surface area contributed by atoms with Crippen molar-refractivity contribution in [2.75, 3.05) is 36.9 Å². The Kier molecular flexibility index (Phi) is 3.79. The first-order chi connectivity index (χ1) is 13.6. The third kappa shape index (κ3) is 2.61. The summed E-state index contributed by atoms with van der Waals surface area (Å²) in [4.78, 5) is 7.13. The van der Waals surface area contributed by atoms with E-state index in [0.717, 1.165) is 41.2 Å². The van der Waals surface area contributed by atoms with Gasteiger partial charge in [-0.2, -0.15) is 14.9 Å². The van der Waals surface area contributed by atoms with Gasteiger partial charge in [-0.3, -0.25) is 9.78 Å². The molecule has 1 saturated heterocycles. The molecule has 0 radical (unpaired) electrons. The van der Waals surface area contributed by atoms with Crippen LogP contribution in [0, 0.1) is 6.92 Å². The fourth-order valence-corrected chi connectivity index (χ4v) is 3.60. The molecular weight excluding hydrogens is 358 g/mol. The predicted molar refractivity (Wildman–Crippen MR) is 105 cm³/mol. The highest BCUT2D eigenvalue weighted by Gasteiger charge is 2.23. The van der Waals surface area contributed by atoms with E-state index in [9.17, 15) is 0 Å². The van der Waals surface area contributed by atoms with Gasteiger partial charge in [-0.25, -0.2) is 4.98 Å². The number of aromatic amines is 1. The average Bonchev–Trinajstić information content (AvgIpc) is 3.41. The van der Waals surface area contributed by atoms with E-state index >= 15 is 0 Å². The number of hydrogen-bond donors (Lipinski definition) is 2. The normalized spacial score (nSPS) is 14.9. The van der Waals surface area contributed by atoms with E-state index in [2.05, 4.69) is 31.4 Å². The van der Waals surface area contributed by atoms with Crippen molar-refractivity contribution in [3.63, 3.8) is 0 Å². The largest absolute Gasteiger partial charge is 0.382 e. The summed E-state index contributed by atoms with van der Waals surface area (Å²) in [5, 5.41) is 16.9. The van der Waals surface area contributed by atoms with Crippen LogP contribution in [0.15, 0.2) is 24.4 Å². The van der Waals surface area contributed by atoms with Crippen molar-refractivity contribution >= 4 is 22.7 Å². The molecule has 4 aromatic rings. The number of H-pyrrole nitrogens is 1. The van der Waals surface area contributed by atoms with Gasteiger partial charge in [-0.1, -0.05) is 0 Å². The van der Waals surface area contributed by atoms with Gasteiger partial charge in [0.1, 0.15) is 5.82 Å². The zero-order valence-electron chi connectivity index (χ0n) is 15.8. The number of nitrogens with two attached hydrogens (primary N) is 1. The van der Waals surface area contributed by atoms with Gasteiger partial charge in [-0.15, -0.1) is 5.10 Å². The van der Waals surface area contributed by atoms with Crippen LogP contribution >= 0.6 is 0 Å². The van der Waals surface area contributed by atoms with Crippen molar-refractivity contribution in [3.05, 3.63) is 30.1 Å². The van der Waals surface area contributed by atoms with Crippen molar-refractivity contribution in [1.82, 2.24) is 34.7 Å². The summed E-state index contributed by atoms with van der Waals surface area (Å²) in [6.45, 7) is 4.88. The van der Waals surface area contributed by atoms with E-state index in [4.69, 9.17) is 15.5 Å². The second-order valence-electron chi connectivity index (χ2n) is 6.87. The van der Waals surface area contributed by atoms with Crippen LogP contribution in [0.2, 0.25) is 0 Å². The van der Waals surface area contributed by atoms with Crippen LogP contribution in [-0.4, -0.2) is 61.0 Å². The molecule has 144 valence electrons. The Labute approximate surface area is 160 Å². The number of rotatable bonds is 3. The summed E-state index contributed by atoms with van der Waals surface area (Å²) in [6, 6.07) is 5.94. The van der Waals surface area contributed by atoms with E-state index in [1.54, 1.807) is 10.9 Å². The number of anilines is 2. The lowest BCUT2D eigenvalue weighted by atomic mass is 10.1. The fraction of sp³-hybridized carbons (Fsp3) is 0.333. The first kappa shape index (κ1) is 16.8. The molecule has 0 spiro atoms. The highest BCUT2D eigenvalue weighted by molar-refractivity contribution is 6.01. The van der Waals surface area contributed by atoms with Gasteiger partial charge < -0.3 is 15.4 Å². The maximum Gasteiger partial charge on any atom is 0.177 e. The molecular formula is C18H21N9O. The number of morpholine rings is 1. The molecule has 10 nitrogen and oxygen atoms in total. The Morgan fingerprint density at radius 1 is 1.18 bits per heavy atom. The van der Waals surface area contributed by atoms with Crippen molar-refractivity contribution in [3.8, 4) is 17.1 Å². The number of nitrogen functional groups attached to an aromatic ring is 1. The van der Waals surface area contributed by atoms with Crippen LogP contribution in [-0.2, 0) is 11.8 Å². The molecule has 3 N–H and O–H groups in total. The Morgan fingerprint density at radius 3 is 2.68 bits per heavy atom. The van der Waals surface area contributed by atoms with Gasteiger partial charge in [0.15, 0.2) is 17.3 Å². The highest BCUT2D eigenvalue weighted by Crippen LogP contribution is 2.35. The van der Waals surface area contributed by atoms with Crippen LogP contribution in [0.3, 0.4) is 0 Å². The first-order valence-electron chi connectivity index (χ1n) is 9.14. The second kappa shape index (κ2) is 6.34. The van der Waals surface area contributed by atoms with E-state index in [0.29, 0.717) is 30.5 Å². The minimum Gasteiger partial charge on any atom is -0.382 e. The maximum absolute atomic E-state index is 6.33. The van der Waals surface area contributed by atoms with Gasteiger partial charge in [0, 0.05) is 43.7 Å². The first-order valence-corrected chi connectivity index (χ1v) is 9.14. The average molecular weight is 379 g/mol. The van der Waals surface area contributed by atoms with Crippen LogP contribution in [0.1, 0.15) is 5.69 Å². The van der Waals surface area contributed by atoms with E-state index in [-0.39, 0.29) is 0 Å². The molecule has 0 atom stereocenters. The summed E-state index contributed by atoms with van der Waals surface area (Å²) >= 11 is 0. The predicted octanol–water partition coefficient (Wildman–Crippen LogP) is 1.27. The smallest absolute Gasteiger partial charge is 0.177 e. The molecule has 0 aliphatic carbocycles. The summed E-state index contributed by atoms with van der Waals surface area (Å²) in [7, 11) is 1.91. The zero-order valence-corrected chi connectivity index (χ0v) is 15.8. The highest BCUT2D eigenvalue weighted by atomic mass is 16.5. The van der Waals surface area contributed by atoms with Crippen LogP contribution < -0.4 is 10.6 Å². The molecule has 5 rings (SSSR count). The summed E-state index contributed by atoms with van der Waals surface area (Å²) in [5.41, 5.74) is 9.84. The van der Waals surface area contributed by atoms with Crippen molar-refractivity contribution in [1.29, 1.82) is 0 Å². The van der Waals surface area contributed by atoms with Crippen LogP contribution in [0.4, 0.5) is 11.6 Å². The zero-order chi connectivity index (χ0) is 19.3. The SMILES string of the molecule is Cc1cc(-n2nc(N)c3c(-c4ccnn4C)cc(N4CCOCC4)nc32)n[nH]1. The van der Waals surface area contributed by atoms with E-state index in [1.807, 2.05) is 30.8 Å². The number of ether oxygens (including phenoxy) is 1. The number of hydrogen-bond acceptors (Lipinski definition) is 7. The molecule has 0 bridgehead atoms. The third-order valence-corrected chi connectivity index (χ3v) is 4.99. The Morgan fingerprint density at radius 2 is 2.00 bits per heavy atom. The quantitative estimate of drug-likeness (QED) is 0.551. The van der Waals surface area contributed by atoms with Crippen molar-refractivity contribution in [2.24, 2.45) is 7.05 Å². The molecule has 1 aliphatic rings. The summed E-state index contributed by atoms with van der Waals surface area (Å²) in [6.07, 6.45) is 1.77.